The molecule has 0 amide bonds. The zero-order chi connectivity index (χ0) is 14.6. The fraction of sp³-hybridized carbons (Fsp3) is 0.692. The van der Waals surface area contributed by atoms with E-state index in [4.69, 9.17) is 0 Å². The molecule has 1 fully saturated rings. The van der Waals surface area contributed by atoms with Crippen LogP contribution in [0.3, 0.4) is 0 Å². The maximum Gasteiger partial charge on any atom is 0.250 e. The predicted octanol–water partition coefficient (Wildman–Crippen LogP) is 2.42. The maximum absolute atomic E-state index is 12.2. The average Bonchev–Trinajstić information content (AvgIpc) is 3.09. The SMILES string of the molecule is CSCCC(C)NS(=O)(=O)c1ccc(CNC2CC2)s1. The highest BCUT2D eigenvalue weighted by Crippen LogP contribution is 2.24. The first-order valence-corrected chi connectivity index (χ1v) is 10.5. The molecule has 1 saturated carbocycles. The Morgan fingerprint density at radius 2 is 2.20 bits per heavy atom. The van der Waals surface area contributed by atoms with E-state index in [-0.39, 0.29) is 6.04 Å². The normalized spacial score (nSPS) is 17.3. The Kier molecular flexibility index (Phi) is 5.92. The molecule has 114 valence electrons. The zero-order valence-corrected chi connectivity index (χ0v) is 14.3. The smallest absolute Gasteiger partial charge is 0.250 e. The van der Waals surface area contributed by atoms with Crippen LogP contribution in [0.5, 0.6) is 0 Å². The highest BCUT2D eigenvalue weighted by Gasteiger charge is 2.22. The third-order valence-corrected chi connectivity index (χ3v) is 6.97. The number of thioether (sulfide) groups is 1. The monoisotopic (exact) mass is 334 g/mol. The third-order valence-electron chi connectivity index (χ3n) is 3.16. The van der Waals surface area contributed by atoms with Crippen molar-refractivity contribution < 1.29 is 8.42 Å². The lowest BCUT2D eigenvalue weighted by atomic mass is 10.3. The van der Waals surface area contributed by atoms with Gasteiger partial charge in [0, 0.05) is 23.5 Å². The van der Waals surface area contributed by atoms with Crippen molar-refractivity contribution in [2.45, 2.75) is 49.0 Å². The van der Waals surface area contributed by atoms with Crippen molar-refractivity contribution in [3.63, 3.8) is 0 Å². The van der Waals surface area contributed by atoms with Gasteiger partial charge in [-0.3, -0.25) is 0 Å². The van der Waals surface area contributed by atoms with Crippen molar-refractivity contribution in [2.75, 3.05) is 12.0 Å². The summed E-state index contributed by atoms with van der Waals surface area (Å²) in [5, 5.41) is 3.40. The van der Waals surface area contributed by atoms with Gasteiger partial charge in [-0.1, -0.05) is 0 Å². The van der Waals surface area contributed by atoms with Crippen molar-refractivity contribution in [1.29, 1.82) is 0 Å². The van der Waals surface area contributed by atoms with Crippen LogP contribution in [0.4, 0.5) is 0 Å². The van der Waals surface area contributed by atoms with Crippen molar-refractivity contribution in [1.82, 2.24) is 10.0 Å². The van der Waals surface area contributed by atoms with Crippen molar-refractivity contribution in [3.8, 4) is 0 Å². The van der Waals surface area contributed by atoms with Crippen LogP contribution < -0.4 is 10.0 Å². The summed E-state index contributed by atoms with van der Waals surface area (Å²) in [4.78, 5) is 1.08. The Morgan fingerprint density at radius 3 is 2.85 bits per heavy atom. The highest BCUT2D eigenvalue weighted by atomic mass is 32.2. The molecule has 1 aliphatic carbocycles. The minimum atomic E-state index is -3.36. The number of sulfonamides is 1. The lowest BCUT2D eigenvalue weighted by molar-refractivity contribution is 0.559. The summed E-state index contributed by atoms with van der Waals surface area (Å²) >= 11 is 3.09. The summed E-state index contributed by atoms with van der Waals surface area (Å²) in [6.07, 6.45) is 5.36. The summed E-state index contributed by atoms with van der Waals surface area (Å²) in [6, 6.07) is 4.23. The molecule has 1 aromatic rings. The van der Waals surface area contributed by atoms with E-state index in [9.17, 15) is 8.42 Å². The van der Waals surface area contributed by atoms with E-state index in [1.54, 1.807) is 17.8 Å². The molecule has 1 heterocycles. The zero-order valence-electron chi connectivity index (χ0n) is 11.9. The van der Waals surface area contributed by atoms with Crippen LogP contribution in [0.2, 0.25) is 0 Å². The van der Waals surface area contributed by atoms with Gasteiger partial charge in [-0.15, -0.1) is 11.3 Å². The quantitative estimate of drug-likeness (QED) is 0.728. The Morgan fingerprint density at radius 1 is 1.45 bits per heavy atom. The van der Waals surface area contributed by atoms with Gasteiger partial charge in [0.1, 0.15) is 4.21 Å². The molecule has 7 heteroatoms. The molecule has 1 aliphatic rings. The molecule has 0 saturated heterocycles. The number of nitrogens with one attached hydrogen (secondary N) is 2. The van der Waals surface area contributed by atoms with Gasteiger partial charge in [-0.05, 0) is 50.3 Å². The molecule has 0 aliphatic heterocycles. The van der Waals surface area contributed by atoms with Crippen molar-refractivity contribution in [3.05, 3.63) is 17.0 Å². The molecular formula is C13H22N2O2S3. The largest absolute Gasteiger partial charge is 0.309 e. The number of rotatable bonds is 9. The summed E-state index contributed by atoms with van der Waals surface area (Å²) in [5.41, 5.74) is 0. The van der Waals surface area contributed by atoms with Crippen molar-refractivity contribution >= 4 is 33.1 Å². The van der Waals surface area contributed by atoms with Crippen LogP contribution in [0.15, 0.2) is 16.3 Å². The molecular weight excluding hydrogens is 312 g/mol. The fourth-order valence-electron chi connectivity index (χ4n) is 1.81. The van der Waals surface area contributed by atoms with Gasteiger partial charge in [0.15, 0.2) is 0 Å². The minimum absolute atomic E-state index is 0.0254. The summed E-state index contributed by atoms with van der Waals surface area (Å²) in [7, 11) is -3.36. The molecule has 2 N–H and O–H groups in total. The molecule has 0 radical (unpaired) electrons. The summed E-state index contributed by atoms with van der Waals surface area (Å²) < 4.78 is 27.6. The van der Waals surface area contributed by atoms with Gasteiger partial charge in [0.05, 0.1) is 0 Å². The molecule has 2 rings (SSSR count). The van der Waals surface area contributed by atoms with Crippen LogP contribution in [0.1, 0.15) is 31.1 Å². The topological polar surface area (TPSA) is 58.2 Å². The maximum atomic E-state index is 12.2. The molecule has 0 aromatic carbocycles. The van der Waals surface area contributed by atoms with Gasteiger partial charge in [-0.2, -0.15) is 11.8 Å². The lowest BCUT2D eigenvalue weighted by Gasteiger charge is -2.12. The summed E-state index contributed by atoms with van der Waals surface area (Å²) in [6.45, 7) is 2.68. The molecule has 0 spiro atoms. The van der Waals surface area contributed by atoms with Gasteiger partial charge in [-0.25, -0.2) is 13.1 Å². The van der Waals surface area contributed by atoms with E-state index >= 15 is 0 Å². The second-order valence-electron chi connectivity index (χ2n) is 5.18. The van der Waals surface area contributed by atoms with Gasteiger partial charge in [0.25, 0.3) is 0 Å². The molecule has 1 atom stereocenters. The molecule has 1 unspecified atom stereocenters. The number of hydrogen-bond donors (Lipinski definition) is 2. The van der Waals surface area contributed by atoms with E-state index in [0.717, 1.165) is 23.6 Å². The second kappa shape index (κ2) is 7.26. The third kappa shape index (κ3) is 5.04. The highest BCUT2D eigenvalue weighted by molar-refractivity contribution is 7.98. The van der Waals surface area contributed by atoms with E-state index < -0.39 is 10.0 Å². The standard InChI is InChI=1S/C13H22N2O2S3/c1-10(7-8-18-2)15-20(16,17)13-6-5-12(19-13)9-14-11-3-4-11/h5-6,10-11,14-15H,3-4,7-9H2,1-2H3. The van der Waals surface area contributed by atoms with Crippen LogP contribution in [-0.4, -0.2) is 32.5 Å². The number of hydrogen-bond acceptors (Lipinski definition) is 5. The first-order valence-electron chi connectivity index (χ1n) is 6.84. The van der Waals surface area contributed by atoms with Crippen LogP contribution in [-0.2, 0) is 16.6 Å². The lowest BCUT2D eigenvalue weighted by Crippen LogP contribution is -2.32. The second-order valence-corrected chi connectivity index (χ2v) is 9.27. The molecule has 0 bridgehead atoms. The van der Waals surface area contributed by atoms with Crippen LogP contribution >= 0.6 is 23.1 Å². The van der Waals surface area contributed by atoms with Crippen molar-refractivity contribution in [2.24, 2.45) is 0 Å². The molecule has 4 nitrogen and oxygen atoms in total. The predicted molar refractivity (Wildman–Crippen MR) is 87.0 cm³/mol. The van der Waals surface area contributed by atoms with Crippen LogP contribution in [0.25, 0.3) is 0 Å². The van der Waals surface area contributed by atoms with E-state index in [1.165, 1.54) is 24.2 Å². The van der Waals surface area contributed by atoms with E-state index in [2.05, 4.69) is 10.0 Å². The van der Waals surface area contributed by atoms with Gasteiger partial charge < -0.3 is 5.32 Å². The van der Waals surface area contributed by atoms with Gasteiger partial charge in [0.2, 0.25) is 10.0 Å². The Bertz CT molecular complexity index is 523. The minimum Gasteiger partial charge on any atom is -0.309 e. The Balaban J connectivity index is 1.90. The Hall–Kier alpha value is -0.0800. The van der Waals surface area contributed by atoms with Gasteiger partial charge >= 0.3 is 0 Å². The summed E-state index contributed by atoms with van der Waals surface area (Å²) in [5.74, 6) is 0.963. The van der Waals surface area contributed by atoms with Crippen LogP contribution in [0, 0.1) is 0 Å². The first-order chi connectivity index (χ1) is 9.51. The van der Waals surface area contributed by atoms with E-state index in [0.29, 0.717) is 10.3 Å². The average molecular weight is 335 g/mol. The Labute approximate surface area is 129 Å². The fourth-order valence-corrected chi connectivity index (χ4v) is 5.00. The number of thiophene rings is 1. The van der Waals surface area contributed by atoms with E-state index in [1.807, 2.05) is 19.2 Å². The first kappa shape index (κ1) is 16.3. The molecule has 20 heavy (non-hydrogen) atoms. The molecule has 1 aromatic heterocycles.